The lowest BCUT2D eigenvalue weighted by atomic mass is 9.83. The van der Waals surface area contributed by atoms with E-state index in [9.17, 15) is 4.79 Å². The third kappa shape index (κ3) is 3.20. The summed E-state index contributed by atoms with van der Waals surface area (Å²) in [6.07, 6.45) is 0. The summed E-state index contributed by atoms with van der Waals surface area (Å²) in [5.74, 6) is -0.0522. The molecule has 2 nitrogen and oxygen atoms in total. The number of rotatable bonds is 3. The van der Waals surface area contributed by atoms with Crippen LogP contribution in [0.15, 0.2) is 48.5 Å². The largest absolute Gasteiger partial charge is 0.325 e. The van der Waals surface area contributed by atoms with Crippen LogP contribution < -0.4 is 5.32 Å². The molecule has 3 heteroatoms. The molecule has 2 rings (SSSR count). The maximum absolute atomic E-state index is 12.5. The van der Waals surface area contributed by atoms with Gasteiger partial charge in [0.05, 0.1) is 5.41 Å². The van der Waals surface area contributed by atoms with E-state index >= 15 is 0 Å². The topological polar surface area (TPSA) is 29.1 Å². The number of carbonyl (C=O) groups is 1. The van der Waals surface area contributed by atoms with Crippen molar-refractivity contribution < 1.29 is 4.79 Å². The molecule has 0 aromatic heterocycles. The van der Waals surface area contributed by atoms with Gasteiger partial charge in [-0.05, 0) is 44.5 Å². The number of carbonyl (C=O) groups excluding carboxylic acids is 1. The van der Waals surface area contributed by atoms with Gasteiger partial charge in [-0.15, -0.1) is 0 Å². The summed E-state index contributed by atoms with van der Waals surface area (Å²) in [5, 5.41) is 3.52. The zero-order valence-corrected chi connectivity index (χ0v) is 12.7. The average molecular weight is 288 g/mol. The zero-order chi connectivity index (χ0) is 14.8. The van der Waals surface area contributed by atoms with Crippen LogP contribution in [0.1, 0.15) is 25.0 Å². The molecule has 1 amide bonds. The summed E-state index contributed by atoms with van der Waals surface area (Å²) in [6.45, 7) is 5.86. The molecule has 0 heterocycles. The fourth-order valence-corrected chi connectivity index (χ4v) is 2.15. The van der Waals surface area contributed by atoms with Crippen molar-refractivity contribution in [2.45, 2.75) is 26.2 Å². The van der Waals surface area contributed by atoms with Crippen LogP contribution in [-0.4, -0.2) is 5.91 Å². The molecule has 0 unspecified atom stereocenters. The fraction of sp³-hybridized carbons (Fsp3) is 0.235. The van der Waals surface area contributed by atoms with E-state index in [-0.39, 0.29) is 5.91 Å². The van der Waals surface area contributed by atoms with Gasteiger partial charge in [0.15, 0.2) is 0 Å². The summed E-state index contributed by atoms with van der Waals surface area (Å²) in [4.78, 5) is 12.5. The predicted octanol–water partition coefficient (Wildman–Crippen LogP) is 4.56. The molecule has 2 aromatic carbocycles. The molecular weight excluding hydrogens is 270 g/mol. The van der Waals surface area contributed by atoms with Gasteiger partial charge in [-0.3, -0.25) is 4.79 Å². The minimum Gasteiger partial charge on any atom is -0.325 e. The van der Waals surface area contributed by atoms with Crippen molar-refractivity contribution in [3.8, 4) is 0 Å². The Balaban J connectivity index is 2.21. The maximum atomic E-state index is 12.5. The number of anilines is 1. The van der Waals surface area contributed by atoms with Gasteiger partial charge < -0.3 is 5.32 Å². The molecular formula is C17H18ClNO. The molecule has 1 N–H and O–H groups in total. The quantitative estimate of drug-likeness (QED) is 0.880. The van der Waals surface area contributed by atoms with Crippen molar-refractivity contribution in [1.82, 2.24) is 0 Å². The van der Waals surface area contributed by atoms with Gasteiger partial charge >= 0.3 is 0 Å². The lowest BCUT2D eigenvalue weighted by Gasteiger charge is -2.24. The van der Waals surface area contributed by atoms with Crippen LogP contribution in [0.2, 0.25) is 5.02 Å². The lowest BCUT2D eigenvalue weighted by molar-refractivity contribution is -0.120. The predicted molar refractivity (Wildman–Crippen MR) is 84.3 cm³/mol. The Bertz CT molecular complexity index is 617. The number of aryl methyl sites for hydroxylation is 1. The molecule has 0 spiro atoms. The van der Waals surface area contributed by atoms with Crippen LogP contribution in [0.3, 0.4) is 0 Å². The molecule has 0 radical (unpaired) electrons. The first-order valence-electron chi connectivity index (χ1n) is 6.54. The third-order valence-corrected chi connectivity index (χ3v) is 3.66. The first kappa shape index (κ1) is 14.6. The van der Waals surface area contributed by atoms with Gasteiger partial charge in [0, 0.05) is 10.7 Å². The minimum atomic E-state index is -0.601. The third-order valence-electron chi connectivity index (χ3n) is 3.42. The normalized spacial score (nSPS) is 11.2. The van der Waals surface area contributed by atoms with E-state index in [2.05, 4.69) is 5.32 Å². The van der Waals surface area contributed by atoms with Crippen LogP contribution in [0.5, 0.6) is 0 Å². The highest BCUT2D eigenvalue weighted by Crippen LogP contribution is 2.26. The van der Waals surface area contributed by atoms with E-state index in [0.717, 1.165) is 5.56 Å². The van der Waals surface area contributed by atoms with Gasteiger partial charge in [0.25, 0.3) is 0 Å². The van der Waals surface area contributed by atoms with E-state index in [4.69, 9.17) is 11.6 Å². The number of hydrogen-bond acceptors (Lipinski definition) is 1. The van der Waals surface area contributed by atoms with Gasteiger partial charge in [-0.25, -0.2) is 0 Å². The number of amides is 1. The van der Waals surface area contributed by atoms with Crippen LogP contribution in [0.4, 0.5) is 5.69 Å². The molecule has 20 heavy (non-hydrogen) atoms. The van der Waals surface area contributed by atoms with Gasteiger partial charge in [0.2, 0.25) is 5.91 Å². The van der Waals surface area contributed by atoms with Gasteiger partial charge in [-0.2, -0.15) is 0 Å². The first-order valence-corrected chi connectivity index (χ1v) is 6.91. The summed E-state index contributed by atoms with van der Waals surface area (Å²) in [7, 11) is 0. The monoisotopic (exact) mass is 287 g/mol. The zero-order valence-electron chi connectivity index (χ0n) is 11.9. The Labute approximate surface area is 124 Å². The second-order valence-corrected chi connectivity index (χ2v) is 5.89. The van der Waals surface area contributed by atoms with Crippen LogP contribution in [0.25, 0.3) is 0 Å². The van der Waals surface area contributed by atoms with Gasteiger partial charge in [-0.1, -0.05) is 47.5 Å². The second kappa shape index (κ2) is 5.68. The molecule has 0 bridgehead atoms. The van der Waals surface area contributed by atoms with E-state index in [0.29, 0.717) is 10.7 Å². The second-order valence-electron chi connectivity index (χ2n) is 5.46. The lowest BCUT2D eigenvalue weighted by Crippen LogP contribution is -2.34. The summed E-state index contributed by atoms with van der Waals surface area (Å²) < 4.78 is 0. The highest BCUT2D eigenvalue weighted by atomic mass is 35.5. The van der Waals surface area contributed by atoms with E-state index in [1.165, 1.54) is 5.56 Å². The average Bonchev–Trinajstić information content (AvgIpc) is 2.39. The molecule has 0 fully saturated rings. The smallest absolute Gasteiger partial charge is 0.234 e. The highest BCUT2D eigenvalue weighted by molar-refractivity contribution is 6.30. The Morgan fingerprint density at radius 3 is 2.35 bits per heavy atom. The van der Waals surface area contributed by atoms with Crippen LogP contribution >= 0.6 is 11.6 Å². The van der Waals surface area contributed by atoms with E-state index in [1.54, 1.807) is 12.1 Å². The Kier molecular flexibility index (Phi) is 4.15. The van der Waals surface area contributed by atoms with Crippen molar-refractivity contribution in [2.24, 2.45) is 0 Å². The highest BCUT2D eigenvalue weighted by Gasteiger charge is 2.29. The maximum Gasteiger partial charge on any atom is 0.234 e. The molecule has 0 aliphatic rings. The van der Waals surface area contributed by atoms with E-state index in [1.807, 2.05) is 57.2 Å². The molecule has 0 atom stereocenters. The number of nitrogens with one attached hydrogen (secondary N) is 1. The molecule has 2 aromatic rings. The van der Waals surface area contributed by atoms with Crippen molar-refractivity contribution in [3.05, 3.63) is 64.7 Å². The van der Waals surface area contributed by atoms with Gasteiger partial charge in [0.1, 0.15) is 0 Å². The Morgan fingerprint density at radius 1 is 1.10 bits per heavy atom. The summed E-state index contributed by atoms with van der Waals surface area (Å²) in [6, 6.07) is 15.2. The first-order chi connectivity index (χ1) is 9.39. The fourth-order valence-electron chi connectivity index (χ4n) is 1.95. The molecule has 0 saturated heterocycles. The Morgan fingerprint density at radius 2 is 1.75 bits per heavy atom. The number of hydrogen-bond donors (Lipinski definition) is 1. The number of halogens is 1. The van der Waals surface area contributed by atoms with Crippen LogP contribution in [-0.2, 0) is 10.2 Å². The van der Waals surface area contributed by atoms with Crippen molar-refractivity contribution in [3.63, 3.8) is 0 Å². The SMILES string of the molecule is Cc1ccc(C(C)(C)C(=O)Nc2cccc(Cl)c2)cc1. The molecule has 0 aliphatic heterocycles. The summed E-state index contributed by atoms with van der Waals surface area (Å²) in [5.41, 5.74) is 2.28. The molecule has 0 aliphatic carbocycles. The minimum absolute atomic E-state index is 0.0522. The van der Waals surface area contributed by atoms with Crippen molar-refractivity contribution in [2.75, 3.05) is 5.32 Å². The van der Waals surface area contributed by atoms with Crippen molar-refractivity contribution in [1.29, 1.82) is 0 Å². The Hall–Kier alpha value is -1.80. The number of benzene rings is 2. The van der Waals surface area contributed by atoms with Crippen LogP contribution in [0, 0.1) is 6.92 Å². The van der Waals surface area contributed by atoms with E-state index < -0.39 is 5.41 Å². The summed E-state index contributed by atoms with van der Waals surface area (Å²) >= 11 is 5.93. The van der Waals surface area contributed by atoms with Crippen molar-refractivity contribution >= 4 is 23.2 Å². The molecule has 0 saturated carbocycles. The molecule has 104 valence electrons. The standard InChI is InChI=1S/C17H18ClNO/c1-12-7-9-13(10-8-12)17(2,3)16(20)19-15-6-4-5-14(18)11-15/h4-11H,1-3H3,(H,19,20).